The number of nitrogens with zero attached hydrogens (tertiary/aromatic N) is 4. The van der Waals surface area contributed by atoms with Crippen LogP contribution in [0.1, 0.15) is 0 Å². The van der Waals surface area contributed by atoms with Crippen LogP contribution in [0.5, 0.6) is 0 Å². The van der Waals surface area contributed by atoms with Crippen LogP contribution in [0.15, 0.2) is 134 Å². The summed E-state index contributed by atoms with van der Waals surface area (Å²) < 4.78 is 4.58. The molecule has 178 valence electrons. The summed E-state index contributed by atoms with van der Waals surface area (Å²) in [5, 5.41) is 6.28. The summed E-state index contributed by atoms with van der Waals surface area (Å²) >= 11 is 0. The third-order valence-corrected chi connectivity index (χ3v) is 7.47. The second-order valence-corrected chi connectivity index (χ2v) is 9.54. The van der Waals surface area contributed by atoms with Crippen molar-refractivity contribution in [3.05, 3.63) is 134 Å². The first-order valence-corrected chi connectivity index (χ1v) is 12.8. The summed E-state index contributed by atoms with van der Waals surface area (Å²) in [6.07, 6.45) is 5.92. The minimum absolute atomic E-state index is 0.867. The van der Waals surface area contributed by atoms with Crippen LogP contribution >= 0.6 is 0 Å². The topological polar surface area (TPSA) is 35.6 Å². The van der Waals surface area contributed by atoms with E-state index in [2.05, 4.69) is 117 Å². The third kappa shape index (κ3) is 3.04. The Labute approximate surface area is 219 Å². The van der Waals surface area contributed by atoms with Gasteiger partial charge in [0.15, 0.2) is 0 Å². The van der Waals surface area contributed by atoms with Gasteiger partial charge in [0, 0.05) is 34.2 Å². The molecule has 0 aliphatic carbocycles. The number of benzene rings is 4. The Balaban J connectivity index is 1.37. The summed E-state index contributed by atoms with van der Waals surface area (Å²) in [5.74, 6) is 0. The summed E-state index contributed by atoms with van der Waals surface area (Å²) in [4.78, 5) is 9.22. The van der Waals surface area contributed by atoms with Gasteiger partial charge in [0.1, 0.15) is 0 Å². The minimum Gasteiger partial charge on any atom is -0.317 e. The average molecular weight is 487 g/mol. The van der Waals surface area contributed by atoms with Crippen LogP contribution in [-0.4, -0.2) is 19.1 Å². The van der Waals surface area contributed by atoms with E-state index in [1.807, 2.05) is 24.4 Å². The van der Waals surface area contributed by atoms with Crippen molar-refractivity contribution < 1.29 is 0 Å². The Morgan fingerprint density at radius 2 is 1.24 bits per heavy atom. The fourth-order valence-electron chi connectivity index (χ4n) is 5.78. The first-order valence-electron chi connectivity index (χ1n) is 12.8. The lowest BCUT2D eigenvalue weighted by atomic mass is 10.0. The molecule has 0 spiro atoms. The summed E-state index contributed by atoms with van der Waals surface area (Å²) in [7, 11) is 0. The smallest absolute Gasteiger partial charge is 0.0887 e. The number of hydrogen-bond acceptors (Lipinski definition) is 2. The Kier molecular flexibility index (Phi) is 4.49. The molecule has 0 aliphatic heterocycles. The predicted octanol–water partition coefficient (Wildman–Crippen LogP) is 8.34. The lowest BCUT2D eigenvalue weighted by Crippen LogP contribution is -1.96. The van der Waals surface area contributed by atoms with E-state index in [4.69, 9.17) is 4.98 Å². The van der Waals surface area contributed by atoms with Gasteiger partial charge in [-0.2, -0.15) is 0 Å². The monoisotopic (exact) mass is 486 g/mol. The predicted molar refractivity (Wildman–Crippen MR) is 156 cm³/mol. The highest BCUT2D eigenvalue weighted by Crippen LogP contribution is 2.39. The Morgan fingerprint density at radius 3 is 2.08 bits per heavy atom. The van der Waals surface area contributed by atoms with E-state index in [0.717, 1.165) is 17.1 Å². The number of fused-ring (bicyclic) bond motifs is 7. The van der Waals surface area contributed by atoms with Crippen LogP contribution in [0.2, 0.25) is 0 Å². The molecule has 8 rings (SSSR count). The average Bonchev–Trinajstić information content (AvgIpc) is 3.58. The molecule has 4 heteroatoms. The quantitative estimate of drug-likeness (QED) is 0.252. The molecule has 4 nitrogen and oxygen atoms in total. The van der Waals surface area contributed by atoms with E-state index in [0.29, 0.717) is 0 Å². The molecular weight excluding hydrogens is 464 g/mol. The second kappa shape index (κ2) is 8.15. The number of aromatic nitrogens is 4. The van der Waals surface area contributed by atoms with Crippen LogP contribution in [-0.2, 0) is 0 Å². The van der Waals surface area contributed by atoms with Crippen LogP contribution in [0.3, 0.4) is 0 Å². The Hall–Kier alpha value is -5.22. The third-order valence-electron chi connectivity index (χ3n) is 7.47. The van der Waals surface area contributed by atoms with Crippen molar-refractivity contribution >= 4 is 43.5 Å². The van der Waals surface area contributed by atoms with E-state index < -0.39 is 0 Å². The maximum atomic E-state index is 4.77. The fourth-order valence-corrected chi connectivity index (χ4v) is 5.78. The highest BCUT2D eigenvalue weighted by molar-refractivity contribution is 6.25. The zero-order valence-corrected chi connectivity index (χ0v) is 20.5. The maximum absolute atomic E-state index is 4.77. The van der Waals surface area contributed by atoms with Gasteiger partial charge in [0.2, 0.25) is 0 Å². The van der Waals surface area contributed by atoms with Crippen molar-refractivity contribution in [3.8, 4) is 22.8 Å². The molecule has 8 aromatic rings. The first-order chi connectivity index (χ1) is 18.9. The standard InChI is InChI=1S/C34H22N4/c1-2-8-23(9-3-1)37-21-19-26-25-14-18-33-34(27(25)15-17-31(26)37)28-10-4-5-12-32(28)38(33)24-13-16-30(36-22-24)29-11-6-7-20-35-29/h1-22H. The van der Waals surface area contributed by atoms with E-state index in [1.165, 1.54) is 49.2 Å². The number of hydrogen-bond donors (Lipinski definition) is 0. The zero-order valence-electron chi connectivity index (χ0n) is 20.5. The highest BCUT2D eigenvalue weighted by Gasteiger charge is 2.17. The fraction of sp³-hybridized carbons (Fsp3) is 0. The van der Waals surface area contributed by atoms with Crippen LogP contribution in [0, 0.1) is 0 Å². The van der Waals surface area contributed by atoms with Gasteiger partial charge >= 0.3 is 0 Å². The summed E-state index contributed by atoms with van der Waals surface area (Å²) in [5.41, 5.74) is 7.50. The van der Waals surface area contributed by atoms with Crippen molar-refractivity contribution in [2.45, 2.75) is 0 Å². The second-order valence-electron chi connectivity index (χ2n) is 9.54. The molecule has 0 radical (unpaired) electrons. The van der Waals surface area contributed by atoms with Gasteiger partial charge in [-0.1, -0.05) is 54.6 Å². The molecule has 0 atom stereocenters. The van der Waals surface area contributed by atoms with Crippen LogP contribution in [0.4, 0.5) is 0 Å². The Bertz CT molecular complexity index is 2100. The largest absolute Gasteiger partial charge is 0.317 e. The maximum Gasteiger partial charge on any atom is 0.0887 e. The molecule has 0 bridgehead atoms. The van der Waals surface area contributed by atoms with Crippen LogP contribution in [0.25, 0.3) is 66.2 Å². The molecule has 0 aliphatic rings. The van der Waals surface area contributed by atoms with Crippen LogP contribution < -0.4 is 0 Å². The Morgan fingerprint density at radius 1 is 0.447 bits per heavy atom. The van der Waals surface area contributed by atoms with E-state index >= 15 is 0 Å². The van der Waals surface area contributed by atoms with Crippen molar-refractivity contribution in [1.29, 1.82) is 0 Å². The van der Waals surface area contributed by atoms with Gasteiger partial charge in [-0.25, -0.2) is 0 Å². The van der Waals surface area contributed by atoms with Gasteiger partial charge in [-0.3, -0.25) is 9.97 Å². The molecule has 4 aromatic carbocycles. The molecule has 0 fully saturated rings. The van der Waals surface area contributed by atoms with E-state index in [9.17, 15) is 0 Å². The van der Waals surface area contributed by atoms with Crippen molar-refractivity contribution in [1.82, 2.24) is 19.1 Å². The molecule has 0 unspecified atom stereocenters. The molecule has 0 N–H and O–H groups in total. The highest BCUT2D eigenvalue weighted by atomic mass is 15.0. The number of rotatable bonds is 3. The molecule has 0 saturated heterocycles. The molecule has 38 heavy (non-hydrogen) atoms. The van der Waals surface area contributed by atoms with E-state index in [1.54, 1.807) is 6.20 Å². The lowest BCUT2D eigenvalue weighted by Gasteiger charge is -2.10. The summed E-state index contributed by atoms with van der Waals surface area (Å²) in [6, 6.07) is 40.5. The van der Waals surface area contributed by atoms with Crippen molar-refractivity contribution in [2.24, 2.45) is 0 Å². The zero-order chi connectivity index (χ0) is 25.1. The van der Waals surface area contributed by atoms with Gasteiger partial charge in [-0.05, 0) is 71.4 Å². The number of pyridine rings is 2. The van der Waals surface area contributed by atoms with Gasteiger partial charge in [-0.15, -0.1) is 0 Å². The molecular formula is C34H22N4. The minimum atomic E-state index is 0.867. The normalized spacial score (nSPS) is 11.7. The molecule has 4 heterocycles. The number of para-hydroxylation sites is 2. The SMILES string of the molecule is c1ccc(-n2ccc3c4ccc5c(c4ccc32)c2ccccc2n5-c2ccc(-c3ccccn3)nc2)cc1. The molecule has 4 aromatic heterocycles. The van der Waals surface area contributed by atoms with Gasteiger partial charge in [0.25, 0.3) is 0 Å². The van der Waals surface area contributed by atoms with Gasteiger partial charge in [0.05, 0.1) is 39.8 Å². The first kappa shape index (κ1) is 20.9. The van der Waals surface area contributed by atoms with Crippen molar-refractivity contribution in [3.63, 3.8) is 0 Å². The molecule has 0 amide bonds. The lowest BCUT2D eigenvalue weighted by molar-refractivity contribution is 1.13. The van der Waals surface area contributed by atoms with E-state index in [-0.39, 0.29) is 0 Å². The van der Waals surface area contributed by atoms with Crippen molar-refractivity contribution in [2.75, 3.05) is 0 Å². The molecule has 0 saturated carbocycles. The summed E-state index contributed by atoms with van der Waals surface area (Å²) in [6.45, 7) is 0. The van der Waals surface area contributed by atoms with Gasteiger partial charge < -0.3 is 9.13 Å².